The molecule has 0 unspecified atom stereocenters. The summed E-state index contributed by atoms with van der Waals surface area (Å²) in [7, 11) is -3.81. The summed E-state index contributed by atoms with van der Waals surface area (Å²) >= 11 is 1.17. The Hall–Kier alpha value is -2.85. The molecule has 1 amide bonds. The molecule has 140 valence electrons. The standard InChI is InChI=1S/C17H15FN4O3S2/c1-2-15-20-21-17(26-15)22-27(24,25)14-9-7-13(8-10-14)19-16(23)11-3-5-12(18)6-4-11/h3-10H,2H2,1H3,(H,19,23)(H,21,22). The van der Waals surface area contributed by atoms with E-state index in [2.05, 4.69) is 20.2 Å². The lowest BCUT2D eigenvalue weighted by atomic mass is 10.2. The molecule has 1 heterocycles. The van der Waals surface area contributed by atoms with Crippen LogP contribution in [0.4, 0.5) is 15.2 Å². The molecule has 3 aromatic rings. The van der Waals surface area contributed by atoms with Crippen molar-refractivity contribution in [1.29, 1.82) is 0 Å². The van der Waals surface area contributed by atoms with Gasteiger partial charge in [0.15, 0.2) is 0 Å². The molecule has 0 saturated heterocycles. The molecule has 2 N–H and O–H groups in total. The molecular formula is C17H15FN4O3S2. The molecule has 0 spiro atoms. The monoisotopic (exact) mass is 406 g/mol. The highest BCUT2D eigenvalue weighted by atomic mass is 32.2. The third-order valence-corrected chi connectivity index (χ3v) is 5.99. The van der Waals surface area contributed by atoms with Gasteiger partial charge < -0.3 is 5.32 Å². The fourth-order valence-electron chi connectivity index (χ4n) is 2.13. The molecule has 7 nitrogen and oxygen atoms in total. The molecule has 10 heteroatoms. The zero-order chi connectivity index (χ0) is 19.4. The van der Waals surface area contributed by atoms with E-state index in [1.54, 1.807) is 0 Å². The van der Waals surface area contributed by atoms with E-state index >= 15 is 0 Å². The fourth-order valence-corrected chi connectivity index (χ4v) is 4.04. The van der Waals surface area contributed by atoms with Crippen LogP contribution in [0.25, 0.3) is 0 Å². The van der Waals surface area contributed by atoms with E-state index in [0.29, 0.717) is 12.1 Å². The van der Waals surface area contributed by atoms with Gasteiger partial charge >= 0.3 is 0 Å². The highest BCUT2D eigenvalue weighted by Gasteiger charge is 2.17. The molecule has 3 rings (SSSR count). The van der Waals surface area contributed by atoms with Gasteiger partial charge in [0.2, 0.25) is 5.13 Å². The summed E-state index contributed by atoms with van der Waals surface area (Å²) in [6.45, 7) is 1.90. The highest BCUT2D eigenvalue weighted by Crippen LogP contribution is 2.21. The molecule has 0 aliphatic rings. The quantitative estimate of drug-likeness (QED) is 0.654. The number of carbonyl (C=O) groups is 1. The van der Waals surface area contributed by atoms with Crippen molar-refractivity contribution in [2.75, 3.05) is 10.0 Å². The molecule has 0 aliphatic heterocycles. The van der Waals surface area contributed by atoms with Crippen LogP contribution in [0.1, 0.15) is 22.3 Å². The van der Waals surface area contributed by atoms with Crippen LogP contribution in [0.15, 0.2) is 53.4 Å². The summed E-state index contributed by atoms with van der Waals surface area (Å²) in [5.74, 6) is -0.861. The van der Waals surface area contributed by atoms with Crippen LogP contribution in [0.3, 0.4) is 0 Å². The van der Waals surface area contributed by atoms with Crippen molar-refractivity contribution in [2.45, 2.75) is 18.2 Å². The van der Waals surface area contributed by atoms with E-state index in [1.807, 2.05) is 6.92 Å². The largest absolute Gasteiger partial charge is 0.322 e. The number of nitrogens with one attached hydrogen (secondary N) is 2. The maximum atomic E-state index is 12.9. The molecule has 0 saturated carbocycles. The summed E-state index contributed by atoms with van der Waals surface area (Å²) < 4.78 is 40.1. The van der Waals surface area contributed by atoms with E-state index in [-0.39, 0.29) is 15.6 Å². The van der Waals surface area contributed by atoms with Gasteiger partial charge in [0.05, 0.1) is 4.90 Å². The summed E-state index contributed by atoms with van der Waals surface area (Å²) in [5, 5.41) is 11.2. The number of anilines is 2. The first-order valence-electron chi connectivity index (χ1n) is 7.89. The van der Waals surface area contributed by atoms with Crippen molar-refractivity contribution in [2.24, 2.45) is 0 Å². The van der Waals surface area contributed by atoms with Gasteiger partial charge in [-0.1, -0.05) is 18.3 Å². The van der Waals surface area contributed by atoms with Crippen molar-refractivity contribution in [3.8, 4) is 0 Å². The Morgan fingerprint density at radius 1 is 1.07 bits per heavy atom. The van der Waals surface area contributed by atoms with Crippen molar-refractivity contribution in [3.63, 3.8) is 0 Å². The normalized spacial score (nSPS) is 11.2. The summed E-state index contributed by atoms with van der Waals surface area (Å²) in [6, 6.07) is 10.8. The number of sulfonamides is 1. The zero-order valence-corrected chi connectivity index (χ0v) is 15.8. The average molecular weight is 406 g/mol. The Bertz CT molecular complexity index is 1050. The van der Waals surface area contributed by atoms with Crippen molar-refractivity contribution in [1.82, 2.24) is 10.2 Å². The van der Waals surface area contributed by atoms with E-state index in [1.165, 1.54) is 59.9 Å². The smallest absolute Gasteiger partial charge is 0.263 e. The zero-order valence-electron chi connectivity index (χ0n) is 14.1. The van der Waals surface area contributed by atoms with Crippen LogP contribution in [0.5, 0.6) is 0 Å². The fraction of sp³-hybridized carbons (Fsp3) is 0.118. The number of nitrogens with zero attached hydrogens (tertiary/aromatic N) is 2. The Balaban J connectivity index is 1.70. The Labute approximate surface area is 159 Å². The number of carbonyl (C=O) groups excluding carboxylic acids is 1. The van der Waals surface area contributed by atoms with Gasteiger partial charge in [-0.15, -0.1) is 10.2 Å². The maximum absolute atomic E-state index is 12.9. The van der Waals surface area contributed by atoms with Gasteiger partial charge in [0.25, 0.3) is 15.9 Å². The predicted octanol–water partition coefficient (Wildman–Crippen LogP) is 3.29. The Morgan fingerprint density at radius 3 is 2.33 bits per heavy atom. The summed E-state index contributed by atoms with van der Waals surface area (Å²) in [5.41, 5.74) is 0.699. The molecule has 0 bridgehead atoms. The number of hydrogen-bond donors (Lipinski definition) is 2. The molecule has 0 radical (unpaired) electrons. The average Bonchev–Trinajstić information content (AvgIpc) is 3.09. The first-order chi connectivity index (χ1) is 12.9. The molecule has 0 atom stereocenters. The van der Waals surface area contributed by atoms with E-state index in [9.17, 15) is 17.6 Å². The third-order valence-electron chi connectivity index (χ3n) is 3.52. The second-order valence-corrected chi connectivity index (χ2v) is 8.19. The lowest BCUT2D eigenvalue weighted by Crippen LogP contribution is -2.14. The van der Waals surface area contributed by atoms with Gasteiger partial charge in [0.1, 0.15) is 10.8 Å². The van der Waals surface area contributed by atoms with Gasteiger partial charge in [-0.05, 0) is 55.0 Å². The molecule has 27 heavy (non-hydrogen) atoms. The Morgan fingerprint density at radius 2 is 1.74 bits per heavy atom. The van der Waals surface area contributed by atoms with E-state index < -0.39 is 21.7 Å². The van der Waals surface area contributed by atoms with E-state index in [0.717, 1.165) is 5.01 Å². The SMILES string of the molecule is CCc1nnc(NS(=O)(=O)c2ccc(NC(=O)c3ccc(F)cc3)cc2)s1. The number of benzene rings is 2. The summed E-state index contributed by atoms with van der Waals surface area (Å²) in [4.78, 5) is 12.1. The molecule has 0 aliphatic carbocycles. The van der Waals surface area contributed by atoms with E-state index in [4.69, 9.17) is 0 Å². The molecule has 1 aromatic heterocycles. The maximum Gasteiger partial charge on any atom is 0.263 e. The van der Waals surface area contributed by atoms with Crippen molar-refractivity contribution in [3.05, 3.63) is 64.9 Å². The van der Waals surface area contributed by atoms with Gasteiger partial charge in [-0.25, -0.2) is 12.8 Å². The second kappa shape index (κ2) is 7.80. The first kappa shape index (κ1) is 18.9. The van der Waals surface area contributed by atoms with Crippen LogP contribution in [-0.4, -0.2) is 24.5 Å². The van der Waals surface area contributed by atoms with Crippen LogP contribution >= 0.6 is 11.3 Å². The molecule has 2 aromatic carbocycles. The Kier molecular flexibility index (Phi) is 5.47. The molecular weight excluding hydrogens is 391 g/mol. The lowest BCUT2D eigenvalue weighted by Gasteiger charge is -2.08. The van der Waals surface area contributed by atoms with Crippen LogP contribution in [0, 0.1) is 5.82 Å². The first-order valence-corrected chi connectivity index (χ1v) is 10.2. The third kappa shape index (κ3) is 4.66. The topological polar surface area (TPSA) is 101 Å². The predicted molar refractivity (Wildman–Crippen MR) is 101 cm³/mol. The minimum Gasteiger partial charge on any atom is -0.322 e. The number of hydrogen-bond acceptors (Lipinski definition) is 6. The minimum absolute atomic E-state index is 0.0236. The van der Waals surface area contributed by atoms with Crippen molar-refractivity contribution >= 4 is 38.1 Å². The summed E-state index contributed by atoms with van der Waals surface area (Å²) in [6.07, 6.45) is 0.668. The lowest BCUT2D eigenvalue weighted by molar-refractivity contribution is 0.102. The van der Waals surface area contributed by atoms with Gasteiger partial charge in [-0.3, -0.25) is 9.52 Å². The number of aromatic nitrogens is 2. The van der Waals surface area contributed by atoms with Crippen LogP contribution < -0.4 is 10.0 Å². The van der Waals surface area contributed by atoms with Crippen molar-refractivity contribution < 1.29 is 17.6 Å². The van der Waals surface area contributed by atoms with Crippen LogP contribution in [0.2, 0.25) is 0 Å². The number of rotatable bonds is 6. The second-order valence-electron chi connectivity index (χ2n) is 5.45. The van der Waals surface area contributed by atoms with Gasteiger partial charge in [0, 0.05) is 11.3 Å². The molecule has 0 fully saturated rings. The minimum atomic E-state index is -3.81. The number of halogens is 1. The van der Waals surface area contributed by atoms with Gasteiger partial charge in [-0.2, -0.15) is 0 Å². The van der Waals surface area contributed by atoms with Crippen LogP contribution in [-0.2, 0) is 16.4 Å². The highest BCUT2D eigenvalue weighted by molar-refractivity contribution is 7.93. The number of aryl methyl sites for hydroxylation is 1. The number of amides is 1.